The standard InChI is InChI=1S/C17H19NO4/c1-21-10-11-22-17(20)9-8-16(19)18-15-7-6-13-4-2-3-5-14(13)12-15/h2-7,12H,8-11H2,1H3,(H,18,19). The summed E-state index contributed by atoms with van der Waals surface area (Å²) in [6.45, 7) is 0.566. The Morgan fingerprint density at radius 2 is 1.77 bits per heavy atom. The molecule has 0 atom stereocenters. The van der Waals surface area contributed by atoms with Crippen LogP contribution in [0.4, 0.5) is 5.69 Å². The zero-order valence-electron chi connectivity index (χ0n) is 12.5. The van der Waals surface area contributed by atoms with E-state index in [4.69, 9.17) is 9.47 Å². The van der Waals surface area contributed by atoms with Gasteiger partial charge in [-0.15, -0.1) is 0 Å². The van der Waals surface area contributed by atoms with E-state index in [0.29, 0.717) is 6.61 Å². The minimum Gasteiger partial charge on any atom is -0.463 e. The van der Waals surface area contributed by atoms with Crippen molar-refractivity contribution in [2.24, 2.45) is 0 Å². The number of methoxy groups -OCH3 is 1. The van der Waals surface area contributed by atoms with Crippen LogP contribution < -0.4 is 5.32 Å². The first-order chi connectivity index (χ1) is 10.7. The summed E-state index contributed by atoms with van der Waals surface area (Å²) in [5, 5.41) is 4.95. The largest absolute Gasteiger partial charge is 0.463 e. The van der Waals surface area contributed by atoms with Gasteiger partial charge in [0.25, 0.3) is 0 Å². The lowest BCUT2D eigenvalue weighted by Crippen LogP contribution is -2.15. The van der Waals surface area contributed by atoms with Gasteiger partial charge in [0.15, 0.2) is 0 Å². The van der Waals surface area contributed by atoms with Crippen LogP contribution in [-0.2, 0) is 19.1 Å². The van der Waals surface area contributed by atoms with E-state index in [1.807, 2.05) is 42.5 Å². The quantitative estimate of drug-likeness (QED) is 0.631. The van der Waals surface area contributed by atoms with Gasteiger partial charge in [-0.05, 0) is 22.9 Å². The molecule has 0 aromatic heterocycles. The molecule has 0 fully saturated rings. The maximum Gasteiger partial charge on any atom is 0.306 e. The Hall–Kier alpha value is -2.40. The Balaban J connectivity index is 1.82. The van der Waals surface area contributed by atoms with Crippen LogP contribution in [-0.4, -0.2) is 32.2 Å². The number of hydrogen-bond acceptors (Lipinski definition) is 4. The SMILES string of the molecule is COCCOC(=O)CCC(=O)Nc1ccc2ccccc2c1. The number of rotatable bonds is 7. The van der Waals surface area contributed by atoms with Crippen molar-refractivity contribution in [1.82, 2.24) is 0 Å². The minimum atomic E-state index is -0.397. The molecule has 0 spiro atoms. The molecule has 0 radical (unpaired) electrons. The smallest absolute Gasteiger partial charge is 0.306 e. The third kappa shape index (κ3) is 4.86. The average molecular weight is 301 g/mol. The van der Waals surface area contributed by atoms with Crippen LogP contribution in [0.25, 0.3) is 10.8 Å². The van der Waals surface area contributed by atoms with E-state index in [0.717, 1.165) is 16.5 Å². The summed E-state index contributed by atoms with van der Waals surface area (Å²) in [7, 11) is 1.53. The average Bonchev–Trinajstić information content (AvgIpc) is 2.53. The van der Waals surface area contributed by atoms with Crippen molar-refractivity contribution >= 4 is 28.3 Å². The maximum absolute atomic E-state index is 11.8. The van der Waals surface area contributed by atoms with Crippen LogP contribution in [0.15, 0.2) is 42.5 Å². The van der Waals surface area contributed by atoms with Gasteiger partial charge in [0.2, 0.25) is 5.91 Å². The molecule has 22 heavy (non-hydrogen) atoms. The van der Waals surface area contributed by atoms with Crippen LogP contribution >= 0.6 is 0 Å². The maximum atomic E-state index is 11.8. The van der Waals surface area contributed by atoms with Gasteiger partial charge >= 0.3 is 5.97 Å². The first-order valence-corrected chi connectivity index (χ1v) is 7.12. The van der Waals surface area contributed by atoms with E-state index in [2.05, 4.69) is 5.32 Å². The van der Waals surface area contributed by atoms with Gasteiger partial charge in [0.1, 0.15) is 6.61 Å². The van der Waals surface area contributed by atoms with Crippen molar-refractivity contribution in [2.45, 2.75) is 12.8 Å². The number of amides is 1. The summed E-state index contributed by atoms with van der Waals surface area (Å²) in [4.78, 5) is 23.2. The summed E-state index contributed by atoms with van der Waals surface area (Å²) in [5.74, 6) is -0.607. The van der Waals surface area contributed by atoms with Crippen molar-refractivity contribution in [3.05, 3.63) is 42.5 Å². The highest BCUT2D eigenvalue weighted by Gasteiger charge is 2.08. The van der Waals surface area contributed by atoms with E-state index < -0.39 is 5.97 Å². The molecule has 116 valence electrons. The Morgan fingerprint density at radius 1 is 1.00 bits per heavy atom. The van der Waals surface area contributed by atoms with Crippen LogP contribution in [0.1, 0.15) is 12.8 Å². The second-order valence-electron chi connectivity index (χ2n) is 4.82. The Morgan fingerprint density at radius 3 is 2.55 bits per heavy atom. The molecule has 0 saturated heterocycles. The predicted molar refractivity (Wildman–Crippen MR) is 84.6 cm³/mol. The number of carbonyl (C=O) groups is 2. The third-order valence-corrected chi connectivity index (χ3v) is 3.14. The zero-order valence-corrected chi connectivity index (χ0v) is 12.5. The Kier molecular flexibility index (Phi) is 5.91. The van der Waals surface area contributed by atoms with E-state index in [-0.39, 0.29) is 25.4 Å². The molecule has 0 bridgehead atoms. The van der Waals surface area contributed by atoms with Crippen LogP contribution in [0.2, 0.25) is 0 Å². The monoisotopic (exact) mass is 301 g/mol. The predicted octanol–water partition coefficient (Wildman–Crippen LogP) is 2.75. The molecule has 2 rings (SSSR count). The topological polar surface area (TPSA) is 64.6 Å². The van der Waals surface area contributed by atoms with Gasteiger partial charge in [0.05, 0.1) is 13.0 Å². The molecule has 0 unspecified atom stereocenters. The second kappa shape index (κ2) is 8.14. The van der Waals surface area contributed by atoms with E-state index in [1.165, 1.54) is 7.11 Å². The number of nitrogens with one attached hydrogen (secondary N) is 1. The van der Waals surface area contributed by atoms with E-state index in [1.54, 1.807) is 0 Å². The summed E-state index contributed by atoms with van der Waals surface area (Å²) in [5.41, 5.74) is 0.719. The number of anilines is 1. The lowest BCUT2D eigenvalue weighted by atomic mass is 10.1. The van der Waals surface area contributed by atoms with E-state index in [9.17, 15) is 9.59 Å². The number of hydrogen-bond donors (Lipinski definition) is 1. The first-order valence-electron chi connectivity index (χ1n) is 7.12. The molecule has 0 aliphatic carbocycles. The van der Waals surface area contributed by atoms with Gasteiger partial charge in [-0.1, -0.05) is 30.3 Å². The number of benzene rings is 2. The highest BCUT2D eigenvalue weighted by atomic mass is 16.6. The summed E-state index contributed by atoms with van der Waals surface area (Å²) >= 11 is 0. The Labute approximate surface area is 129 Å². The molecule has 5 heteroatoms. The molecule has 0 aliphatic rings. The molecule has 1 N–H and O–H groups in total. The molecule has 2 aromatic rings. The molecule has 2 aromatic carbocycles. The lowest BCUT2D eigenvalue weighted by Gasteiger charge is -2.07. The number of fused-ring (bicyclic) bond motifs is 1. The fourth-order valence-corrected chi connectivity index (χ4v) is 2.02. The number of ether oxygens (including phenoxy) is 2. The van der Waals surface area contributed by atoms with Crippen molar-refractivity contribution in [2.75, 3.05) is 25.6 Å². The highest BCUT2D eigenvalue weighted by Crippen LogP contribution is 2.19. The molecule has 1 amide bonds. The van der Waals surface area contributed by atoms with Crippen LogP contribution in [0.5, 0.6) is 0 Å². The van der Waals surface area contributed by atoms with Gasteiger partial charge in [-0.2, -0.15) is 0 Å². The fraction of sp³-hybridized carbons (Fsp3) is 0.294. The normalized spacial score (nSPS) is 10.4. The Bertz CT molecular complexity index is 654. The van der Waals surface area contributed by atoms with Crippen molar-refractivity contribution in [3.63, 3.8) is 0 Å². The second-order valence-corrected chi connectivity index (χ2v) is 4.82. The third-order valence-electron chi connectivity index (χ3n) is 3.14. The first kappa shape index (κ1) is 16.0. The minimum absolute atomic E-state index is 0.0587. The molecule has 0 aliphatic heterocycles. The zero-order chi connectivity index (χ0) is 15.8. The molecule has 0 saturated carbocycles. The van der Waals surface area contributed by atoms with Crippen molar-refractivity contribution in [1.29, 1.82) is 0 Å². The van der Waals surface area contributed by atoms with Gasteiger partial charge in [0, 0.05) is 19.2 Å². The molecule has 5 nitrogen and oxygen atoms in total. The van der Waals surface area contributed by atoms with Crippen molar-refractivity contribution < 1.29 is 19.1 Å². The summed E-state index contributed by atoms with van der Waals surface area (Å²) < 4.78 is 9.67. The number of carbonyl (C=O) groups excluding carboxylic acids is 2. The molecule has 0 heterocycles. The summed E-state index contributed by atoms with van der Waals surface area (Å²) in [6.07, 6.45) is 0.155. The summed E-state index contributed by atoms with van der Waals surface area (Å²) in [6, 6.07) is 13.6. The molecular weight excluding hydrogens is 282 g/mol. The highest BCUT2D eigenvalue weighted by molar-refractivity contribution is 5.95. The van der Waals surface area contributed by atoms with Crippen molar-refractivity contribution in [3.8, 4) is 0 Å². The van der Waals surface area contributed by atoms with Gasteiger partial charge in [-0.25, -0.2) is 0 Å². The van der Waals surface area contributed by atoms with E-state index >= 15 is 0 Å². The van der Waals surface area contributed by atoms with Crippen LogP contribution in [0.3, 0.4) is 0 Å². The lowest BCUT2D eigenvalue weighted by molar-refractivity contribution is -0.145. The fourth-order valence-electron chi connectivity index (χ4n) is 2.02. The van der Waals surface area contributed by atoms with Crippen LogP contribution in [0, 0.1) is 0 Å². The number of esters is 1. The van der Waals surface area contributed by atoms with Gasteiger partial charge < -0.3 is 14.8 Å². The van der Waals surface area contributed by atoms with Gasteiger partial charge in [-0.3, -0.25) is 9.59 Å². The molecular formula is C17H19NO4.